The molecular weight excluding hydrogens is 317 g/mol. The molecular formula is C17H16FNO3S. The fraction of sp³-hybridized carbons (Fsp3) is 0.235. The van der Waals surface area contributed by atoms with E-state index in [0.29, 0.717) is 18.9 Å². The van der Waals surface area contributed by atoms with E-state index < -0.39 is 11.2 Å². The van der Waals surface area contributed by atoms with E-state index >= 15 is 0 Å². The van der Waals surface area contributed by atoms with E-state index in [2.05, 4.69) is 5.32 Å². The lowest BCUT2D eigenvalue weighted by molar-refractivity contribution is -0.136. The topological polar surface area (TPSA) is 58.6 Å². The predicted molar refractivity (Wildman–Crippen MR) is 86.9 cm³/mol. The molecule has 0 spiro atoms. The van der Waals surface area contributed by atoms with Gasteiger partial charge in [-0.2, -0.15) is 0 Å². The number of thioether (sulfide) groups is 1. The highest BCUT2D eigenvalue weighted by atomic mass is 32.2. The molecule has 23 heavy (non-hydrogen) atoms. The lowest BCUT2D eigenvalue weighted by atomic mass is 10.2. The van der Waals surface area contributed by atoms with Crippen molar-refractivity contribution >= 4 is 17.7 Å². The largest absolute Gasteiger partial charge is 0.489 e. The average Bonchev–Trinajstić information content (AvgIpc) is 3.04. The van der Waals surface area contributed by atoms with Crippen molar-refractivity contribution in [1.29, 1.82) is 0 Å². The van der Waals surface area contributed by atoms with Gasteiger partial charge < -0.3 is 9.84 Å². The Morgan fingerprint density at radius 1 is 1.30 bits per heavy atom. The van der Waals surface area contributed by atoms with Crippen LogP contribution in [0.1, 0.15) is 16.5 Å². The maximum atomic E-state index is 13.1. The summed E-state index contributed by atoms with van der Waals surface area (Å²) in [5.74, 6) is -0.380. The first kappa shape index (κ1) is 15.8. The molecule has 0 bridgehead atoms. The Hall–Kier alpha value is -2.05. The Balaban J connectivity index is 1.58. The minimum Gasteiger partial charge on any atom is -0.489 e. The third-order valence-electron chi connectivity index (χ3n) is 3.54. The van der Waals surface area contributed by atoms with Crippen molar-refractivity contribution in [2.75, 3.05) is 6.54 Å². The van der Waals surface area contributed by atoms with Crippen LogP contribution >= 0.6 is 11.8 Å². The zero-order chi connectivity index (χ0) is 16.2. The second-order valence-electron chi connectivity index (χ2n) is 5.24. The molecule has 0 unspecified atom stereocenters. The molecule has 0 aliphatic carbocycles. The number of nitrogens with one attached hydrogen (secondary N) is 1. The molecule has 0 aromatic heterocycles. The van der Waals surface area contributed by atoms with Crippen LogP contribution < -0.4 is 10.1 Å². The van der Waals surface area contributed by atoms with Gasteiger partial charge in [0.05, 0.1) is 5.37 Å². The van der Waals surface area contributed by atoms with Crippen molar-refractivity contribution in [3.63, 3.8) is 0 Å². The van der Waals surface area contributed by atoms with Crippen molar-refractivity contribution in [1.82, 2.24) is 5.32 Å². The van der Waals surface area contributed by atoms with Gasteiger partial charge in [0.25, 0.3) is 0 Å². The van der Waals surface area contributed by atoms with Crippen LogP contribution in [0.25, 0.3) is 0 Å². The summed E-state index contributed by atoms with van der Waals surface area (Å²) in [4.78, 5) is 11.0. The van der Waals surface area contributed by atoms with E-state index in [1.807, 2.05) is 30.3 Å². The van der Waals surface area contributed by atoms with Gasteiger partial charge in [0.1, 0.15) is 23.4 Å². The molecule has 1 heterocycles. The molecule has 1 saturated heterocycles. The lowest BCUT2D eigenvalue weighted by Gasteiger charge is -2.11. The molecule has 6 heteroatoms. The van der Waals surface area contributed by atoms with Crippen LogP contribution in [0.5, 0.6) is 5.75 Å². The molecule has 0 saturated carbocycles. The Bertz CT molecular complexity index is 692. The number of hydrogen-bond acceptors (Lipinski definition) is 4. The standard InChI is InChI=1S/C17H16FNO3S/c18-13-3-1-2-11(8-13)10-22-14-6-4-12(5-7-14)16-19-9-15(23-16)17(20)21/h1-8,15-16,19H,9-10H2,(H,20,21)/t15-,16+/m1/s1. The average molecular weight is 333 g/mol. The SMILES string of the molecule is O=C(O)[C@H]1CN[C@H](c2ccc(OCc3cccc(F)c3)cc2)S1. The molecule has 0 amide bonds. The maximum absolute atomic E-state index is 13.1. The molecule has 0 radical (unpaired) electrons. The molecule has 2 N–H and O–H groups in total. The monoisotopic (exact) mass is 333 g/mol. The normalized spacial score (nSPS) is 20.4. The fourth-order valence-corrected chi connectivity index (χ4v) is 3.49. The number of carboxylic acids is 1. The highest BCUT2D eigenvalue weighted by molar-refractivity contribution is 8.01. The third kappa shape index (κ3) is 4.03. The number of carbonyl (C=O) groups is 1. The first-order chi connectivity index (χ1) is 11.1. The first-order valence-corrected chi connectivity index (χ1v) is 8.15. The molecule has 3 rings (SSSR count). The number of ether oxygens (including phenoxy) is 1. The Morgan fingerprint density at radius 3 is 2.74 bits per heavy atom. The minimum absolute atomic E-state index is 0.0200. The first-order valence-electron chi connectivity index (χ1n) is 7.21. The molecule has 1 fully saturated rings. The molecule has 1 aliphatic rings. The highest BCUT2D eigenvalue weighted by Gasteiger charge is 2.30. The van der Waals surface area contributed by atoms with Gasteiger partial charge in [-0.3, -0.25) is 10.1 Å². The van der Waals surface area contributed by atoms with Gasteiger partial charge in [-0.25, -0.2) is 4.39 Å². The van der Waals surface area contributed by atoms with Gasteiger partial charge in [0.2, 0.25) is 0 Å². The summed E-state index contributed by atoms with van der Waals surface area (Å²) in [5, 5.41) is 11.8. The van der Waals surface area contributed by atoms with E-state index in [1.54, 1.807) is 6.07 Å². The van der Waals surface area contributed by atoms with E-state index in [-0.39, 0.29) is 11.2 Å². The van der Waals surface area contributed by atoms with Crippen LogP contribution in [-0.4, -0.2) is 22.9 Å². The quantitative estimate of drug-likeness (QED) is 0.880. The van der Waals surface area contributed by atoms with Crippen LogP contribution in [0.4, 0.5) is 4.39 Å². The summed E-state index contributed by atoms with van der Waals surface area (Å²) >= 11 is 1.40. The van der Waals surface area contributed by atoms with Gasteiger partial charge in [0, 0.05) is 6.54 Å². The van der Waals surface area contributed by atoms with Gasteiger partial charge in [-0.1, -0.05) is 24.3 Å². The van der Waals surface area contributed by atoms with Crippen LogP contribution in [0.15, 0.2) is 48.5 Å². The van der Waals surface area contributed by atoms with Crippen molar-refractivity contribution in [2.24, 2.45) is 0 Å². The predicted octanol–water partition coefficient (Wildman–Crippen LogP) is 3.19. The second kappa shape index (κ2) is 7.02. The summed E-state index contributed by atoms with van der Waals surface area (Å²) in [5.41, 5.74) is 1.78. The highest BCUT2D eigenvalue weighted by Crippen LogP contribution is 2.35. The number of halogens is 1. The summed E-state index contributed by atoms with van der Waals surface area (Å²) in [6.07, 6.45) is 0. The minimum atomic E-state index is -0.792. The summed E-state index contributed by atoms with van der Waals surface area (Å²) in [6.45, 7) is 0.761. The van der Waals surface area contributed by atoms with Gasteiger partial charge in [0.15, 0.2) is 0 Å². The zero-order valence-corrected chi connectivity index (χ0v) is 13.1. The smallest absolute Gasteiger partial charge is 0.318 e. The van der Waals surface area contributed by atoms with E-state index in [0.717, 1.165) is 11.1 Å². The summed E-state index contributed by atoms with van der Waals surface area (Å²) in [7, 11) is 0. The zero-order valence-electron chi connectivity index (χ0n) is 12.2. The molecule has 2 aromatic rings. The van der Waals surface area contributed by atoms with Crippen LogP contribution in [-0.2, 0) is 11.4 Å². The van der Waals surface area contributed by atoms with E-state index in [1.165, 1.54) is 23.9 Å². The van der Waals surface area contributed by atoms with Gasteiger partial charge >= 0.3 is 5.97 Å². The van der Waals surface area contributed by atoms with Crippen LogP contribution in [0.3, 0.4) is 0 Å². The third-order valence-corrected chi connectivity index (χ3v) is 4.95. The Kier molecular flexibility index (Phi) is 4.83. The van der Waals surface area contributed by atoms with Crippen molar-refractivity contribution < 1.29 is 19.0 Å². The summed E-state index contributed by atoms with van der Waals surface area (Å²) in [6, 6.07) is 13.8. The van der Waals surface area contributed by atoms with Crippen molar-refractivity contribution in [2.45, 2.75) is 17.2 Å². The van der Waals surface area contributed by atoms with Gasteiger partial charge in [-0.15, -0.1) is 11.8 Å². The van der Waals surface area contributed by atoms with Crippen molar-refractivity contribution in [3.8, 4) is 5.75 Å². The molecule has 2 aromatic carbocycles. The number of aliphatic carboxylic acids is 1. The number of hydrogen-bond donors (Lipinski definition) is 2. The maximum Gasteiger partial charge on any atom is 0.318 e. The molecule has 1 aliphatic heterocycles. The van der Waals surface area contributed by atoms with Crippen LogP contribution in [0.2, 0.25) is 0 Å². The summed E-state index contributed by atoms with van der Waals surface area (Å²) < 4.78 is 18.7. The van der Waals surface area contributed by atoms with E-state index in [4.69, 9.17) is 9.84 Å². The number of benzene rings is 2. The van der Waals surface area contributed by atoms with E-state index in [9.17, 15) is 9.18 Å². The second-order valence-corrected chi connectivity index (χ2v) is 6.55. The Morgan fingerprint density at radius 2 is 2.09 bits per heavy atom. The number of carboxylic acid groups (broad SMARTS) is 1. The fourth-order valence-electron chi connectivity index (χ4n) is 2.35. The lowest BCUT2D eigenvalue weighted by Crippen LogP contribution is -2.21. The molecule has 2 atom stereocenters. The van der Waals surface area contributed by atoms with Crippen LogP contribution in [0, 0.1) is 5.82 Å². The Labute approximate surface area is 137 Å². The number of rotatable bonds is 5. The van der Waals surface area contributed by atoms with Crippen molar-refractivity contribution in [3.05, 3.63) is 65.5 Å². The molecule has 120 valence electrons. The molecule has 4 nitrogen and oxygen atoms in total. The van der Waals surface area contributed by atoms with Gasteiger partial charge in [-0.05, 0) is 35.4 Å².